The molecule has 0 aromatic carbocycles. The number of amides is 1. The summed E-state index contributed by atoms with van der Waals surface area (Å²) in [6.45, 7) is 9.36. The summed E-state index contributed by atoms with van der Waals surface area (Å²) >= 11 is 0. The van der Waals surface area contributed by atoms with E-state index in [1.807, 2.05) is 6.92 Å². The summed E-state index contributed by atoms with van der Waals surface area (Å²) in [6, 6.07) is 1.75. The van der Waals surface area contributed by atoms with E-state index >= 15 is 0 Å². The molecule has 7 heteroatoms. The molecule has 1 aliphatic rings. The Balaban J connectivity index is 1.75. The van der Waals surface area contributed by atoms with E-state index in [2.05, 4.69) is 35.7 Å². The van der Waals surface area contributed by atoms with Crippen LogP contribution in [-0.2, 0) is 22.2 Å². The van der Waals surface area contributed by atoms with Gasteiger partial charge < -0.3 is 14.7 Å². The fourth-order valence-corrected chi connectivity index (χ4v) is 3.48. The molecule has 0 saturated carbocycles. The van der Waals surface area contributed by atoms with E-state index in [1.54, 1.807) is 35.8 Å². The van der Waals surface area contributed by atoms with Crippen LogP contribution in [0.25, 0.3) is 0 Å². The molecular formula is C22H30N4O3. The first-order valence-electron chi connectivity index (χ1n) is 10.1. The van der Waals surface area contributed by atoms with Crippen LogP contribution in [-0.4, -0.2) is 50.6 Å². The maximum absolute atomic E-state index is 13.0. The van der Waals surface area contributed by atoms with Crippen molar-refractivity contribution in [3.05, 3.63) is 47.8 Å². The molecule has 1 amide bonds. The van der Waals surface area contributed by atoms with Crippen LogP contribution in [0.15, 0.2) is 30.9 Å². The van der Waals surface area contributed by atoms with Crippen LogP contribution in [0.5, 0.6) is 5.75 Å². The molecule has 7 nitrogen and oxygen atoms in total. The molecule has 29 heavy (non-hydrogen) atoms. The lowest BCUT2D eigenvalue weighted by Crippen LogP contribution is -2.47. The predicted molar refractivity (Wildman–Crippen MR) is 110 cm³/mol. The average Bonchev–Trinajstić information content (AvgIpc) is 2.68. The Hall–Kier alpha value is -2.54. The number of aromatic nitrogens is 3. The smallest absolute Gasteiger partial charge is 0.227 e. The quantitative estimate of drug-likeness (QED) is 0.805. The minimum atomic E-state index is -1.17. The highest BCUT2D eigenvalue weighted by atomic mass is 16.5. The molecule has 0 bridgehead atoms. The Morgan fingerprint density at radius 2 is 2.00 bits per heavy atom. The molecule has 2 aromatic heterocycles. The number of nitrogens with zero attached hydrogens (tertiary/aromatic N) is 4. The Morgan fingerprint density at radius 1 is 1.28 bits per heavy atom. The molecule has 3 rings (SSSR count). The van der Waals surface area contributed by atoms with Crippen LogP contribution >= 0.6 is 0 Å². The first-order chi connectivity index (χ1) is 13.7. The van der Waals surface area contributed by atoms with Gasteiger partial charge in [-0.2, -0.15) is 0 Å². The second-order valence-electron chi connectivity index (χ2n) is 8.66. The van der Waals surface area contributed by atoms with Crippen molar-refractivity contribution in [1.29, 1.82) is 0 Å². The molecule has 0 fully saturated rings. The van der Waals surface area contributed by atoms with Crippen molar-refractivity contribution in [3.63, 3.8) is 0 Å². The number of pyridine rings is 1. The van der Waals surface area contributed by atoms with Gasteiger partial charge in [0.25, 0.3) is 0 Å². The molecule has 0 aliphatic carbocycles. The summed E-state index contributed by atoms with van der Waals surface area (Å²) in [6.07, 6.45) is 8.14. The molecule has 1 unspecified atom stereocenters. The third-order valence-electron chi connectivity index (χ3n) is 5.09. The van der Waals surface area contributed by atoms with Gasteiger partial charge >= 0.3 is 0 Å². The van der Waals surface area contributed by atoms with E-state index in [0.29, 0.717) is 30.9 Å². The summed E-state index contributed by atoms with van der Waals surface area (Å²) in [5.41, 5.74) is 0.104. The second kappa shape index (κ2) is 8.45. The molecule has 156 valence electrons. The van der Waals surface area contributed by atoms with Gasteiger partial charge in [0, 0.05) is 48.7 Å². The molecule has 0 saturated heterocycles. The number of rotatable bonds is 6. The van der Waals surface area contributed by atoms with Gasteiger partial charge in [0.15, 0.2) is 0 Å². The monoisotopic (exact) mass is 398 g/mol. The number of hydrogen-bond acceptors (Lipinski definition) is 6. The topological polar surface area (TPSA) is 88.4 Å². The Morgan fingerprint density at radius 3 is 2.66 bits per heavy atom. The molecule has 1 N–H and O–H groups in total. The minimum absolute atomic E-state index is 0.0516. The Kier molecular flexibility index (Phi) is 6.17. The Bertz CT molecular complexity index is 848. The maximum Gasteiger partial charge on any atom is 0.227 e. The van der Waals surface area contributed by atoms with Gasteiger partial charge in [0.05, 0.1) is 19.6 Å². The van der Waals surface area contributed by atoms with Crippen molar-refractivity contribution < 1.29 is 14.6 Å². The van der Waals surface area contributed by atoms with Gasteiger partial charge in [-0.15, -0.1) is 0 Å². The zero-order chi connectivity index (χ0) is 21.1. The summed E-state index contributed by atoms with van der Waals surface area (Å²) in [7, 11) is 0. The van der Waals surface area contributed by atoms with Crippen molar-refractivity contribution in [1.82, 2.24) is 19.9 Å². The molecule has 3 heterocycles. The van der Waals surface area contributed by atoms with Gasteiger partial charge in [0.1, 0.15) is 17.2 Å². The second-order valence-corrected chi connectivity index (χ2v) is 8.66. The number of fused-ring (bicyclic) bond motifs is 1. The van der Waals surface area contributed by atoms with E-state index in [-0.39, 0.29) is 24.3 Å². The fourth-order valence-electron chi connectivity index (χ4n) is 3.48. The largest absolute Gasteiger partial charge is 0.493 e. The highest BCUT2D eigenvalue weighted by molar-refractivity contribution is 5.78. The SMILES string of the molecule is CCCN(CC1(O)CCOc2ccncc21)C(=O)Cc1cnc(C(C)(C)C)nc1. The van der Waals surface area contributed by atoms with E-state index in [4.69, 9.17) is 4.74 Å². The van der Waals surface area contributed by atoms with Crippen molar-refractivity contribution in [2.24, 2.45) is 0 Å². The number of carbonyl (C=O) groups is 1. The van der Waals surface area contributed by atoms with Crippen LogP contribution in [0.2, 0.25) is 0 Å². The number of hydrogen-bond donors (Lipinski definition) is 1. The van der Waals surface area contributed by atoms with E-state index in [0.717, 1.165) is 17.8 Å². The van der Waals surface area contributed by atoms with E-state index < -0.39 is 5.60 Å². The first-order valence-corrected chi connectivity index (χ1v) is 10.1. The van der Waals surface area contributed by atoms with Crippen molar-refractivity contribution >= 4 is 5.91 Å². The zero-order valence-corrected chi connectivity index (χ0v) is 17.7. The summed E-state index contributed by atoms with van der Waals surface area (Å²) in [5.74, 6) is 1.33. The van der Waals surface area contributed by atoms with E-state index in [9.17, 15) is 9.90 Å². The molecule has 0 spiro atoms. The van der Waals surface area contributed by atoms with Crippen molar-refractivity contribution in [3.8, 4) is 5.75 Å². The normalized spacial score (nSPS) is 18.7. The van der Waals surface area contributed by atoms with Gasteiger partial charge in [-0.1, -0.05) is 27.7 Å². The zero-order valence-electron chi connectivity index (χ0n) is 17.7. The molecular weight excluding hydrogens is 368 g/mol. The van der Waals surface area contributed by atoms with Crippen molar-refractivity contribution in [2.75, 3.05) is 19.7 Å². The van der Waals surface area contributed by atoms with Gasteiger partial charge in [-0.05, 0) is 18.1 Å². The number of aliphatic hydroxyl groups is 1. The van der Waals surface area contributed by atoms with Gasteiger partial charge in [-0.25, -0.2) is 9.97 Å². The molecule has 1 atom stereocenters. The first kappa shape index (κ1) is 21.2. The van der Waals surface area contributed by atoms with Crippen LogP contribution in [0, 0.1) is 0 Å². The number of ether oxygens (including phenoxy) is 1. The molecule has 1 aliphatic heterocycles. The van der Waals surface area contributed by atoms with Crippen molar-refractivity contribution in [2.45, 2.75) is 58.0 Å². The van der Waals surface area contributed by atoms with Crippen LogP contribution < -0.4 is 4.74 Å². The van der Waals surface area contributed by atoms with Crippen LogP contribution in [0.4, 0.5) is 0 Å². The highest BCUT2D eigenvalue weighted by Gasteiger charge is 2.38. The highest BCUT2D eigenvalue weighted by Crippen LogP contribution is 2.37. The maximum atomic E-state index is 13.0. The Labute approximate surface area is 172 Å². The van der Waals surface area contributed by atoms with E-state index in [1.165, 1.54) is 0 Å². The third kappa shape index (κ3) is 4.90. The lowest BCUT2D eigenvalue weighted by molar-refractivity contribution is -0.135. The van der Waals surface area contributed by atoms with Gasteiger partial charge in [0.2, 0.25) is 5.91 Å². The summed E-state index contributed by atoms with van der Waals surface area (Å²) in [5, 5.41) is 11.3. The lowest BCUT2D eigenvalue weighted by Gasteiger charge is -2.38. The predicted octanol–water partition coefficient (Wildman–Crippen LogP) is 2.62. The lowest BCUT2D eigenvalue weighted by atomic mass is 9.88. The van der Waals surface area contributed by atoms with Crippen LogP contribution in [0.3, 0.4) is 0 Å². The standard InChI is InChI=1S/C22H30N4O3/c1-5-9-26(15-22(28)7-10-29-18-6-8-23-14-17(18)22)19(27)11-16-12-24-20(25-13-16)21(2,3)4/h6,8,12-14,28H,5,7,9-11,15H2,1-4H3. The summed E-state index contributed by atoms with van der Waals surface area (Å²) in [4.78, 5) is 27.7. The summed E-state index contributed by atoms with van der Waals surface area (Å²) < 4.78 is 5.64. The van der Waals surface area contributed by atoms with Gasteiger partial charge in [-0.3, -0.25) is 9.78 Å². The minimum Gasteiger partial charge on any atom is -0.493 e. The average molecular weight is 399 g/mol. The molecule has 2 aromatic rings. The third-order valence-corrected chi connectivity index (χ3v) is 5.09. The van der Waals surface area contributed by atoms with Crippen LogP contribution in [0.1, 0.15) is 57.5 Å². The fraction of sp³-hybridized carbons (Fsp3) is 0.545. The number of carbonyl (C=O) groups excluding carboxylic acids is 1. The molecule has 0 radical (unpaired) electrons.